The first-order valence-corrected chi connectivity index (χ1v) is 7.80. The van der Waals surface area contributed by atoms with Gasteiger partial charge in [-0.3, -0.25) is 4.79 Å². The Morgan fingerprint density at radius 3 is 2.76 bits per heavy atom. The molecule has 21 heavy (non-hydrogen) atoms. The average molecular weight is 346 g/mol. The van der Waals surface area contributed by atoms with E-state index < -0.39 is 6.10 Å². The molecule has 2 aromatic rings. The number of Topliss-reactive ketones (excluding diaryl/α,β-unsaturated/α-hetero) is 1. The van der Waals surface area contributed by atoms with E-state index in [9.17, 15) is 9.90 Å². The van der Waals surface area contributed by atoms with Crippen molar-refractivity contribution in [1.82, 2.24) is 0 Å². The van der Waals surface area contributed by atoms with Crippen molar-refractivity contribution < 1.29 is 27.6 Å². The van der Waals surface area contributed by atoms with Crippen LogP contribution in [0, 0.1) is 0 Å². The summed E-state index contributed by atoms with van der Waals surface area (Å²) in [5, 5.41) is 16.3. The number of aliphatic hydroxyl groups excluding tert-OH is 1. The van der Waals surface area contributed by atoms with E-state index in [-0.39, 0.29) is 18.2 Å². The number of quaternary nitrogens is 1. The zero-order chi connectivity index (χ0) is 14.4. The minimum Gasteiger partial charge on any atom is -1.00 e. The Morgan fingerprint density at radius 2 is 2.10 bits per heavy atom. The first-order valence-electron chi connectivity index (χ1n) is 6.48. The topological polar surface area (TPSA) is 53.9 Å². The maximum atomic E-state index is 11.8. The van der Waals surface area contributed by atoms with Crippen molar-refractivity contribution >= 4 is 28.7 Å². The van der Waals surface area contributed by atoms with Crippen LogP contribution in [0.25, 0.3) is 0 Å². The van der Waals surface area contributed by atoms with Crippen LogP contribution in [0.5, 0.6) is 0 Å². The van der Waals surface area contributed by atoms with Crippen LogP contribution < -0.4 is 17.7 Å². The lowest BCUT2D eigenvalue weighted by Gasteiger charge is -2.11. The Labute approximate surface area is 139 Å². The molecule has 3 N–H and O–H groups in total. The molecule has 1 heterocycles. The molecule has 0 aliphatic heterocycles. The van der Waals surface area contributed by atoms with E-state index in [1.54, 1.807) is 6.07 Å². The Kier molecular flexibility index (Phi) is 7.93. The first-order chi connectivity index (χ1) is 9.68. The largest absolute Gasteiger partial charge is 1.00 e. The summed E-state index contributed by atoms with van der Waals surface area (Å²) in [4.78, 5) is 11.8. The molecule has 0 saturated heterocycles. The van der Waals surface area contributed by atoms with E-state index in [4.69, 9.17) is 11.6 Å². The molecule has 3 nitrogen and oxygen atoms in total. The van der Waals surface area contributed by atoms with Gasteiger partial charge in [-0.1, -0.05) is 29.8 Å². The van der Waals surface area contributed by atoms with Crippen LogP contribution in [-0.4, -0.2) is 24.0 Å². The number of benzene rings is 1. The molecule has 0 saturated carbocycles. The molecule has 0 aliphatic carbocycles. The molecule has 0 bridgehead atoms. The normalized spacial score (nSPS) is 11.7. The molecule has 0 spiro atoms. The number of nitrogens with two attached hydrogens (primary N) is 1. The van der Waals surface area contributed by atoms with E-state index in [0.29, 0.717) is 24.5 Å². The number of ketones is 1. The molecule has 0 aliphatic rings. The summed E-state index contributed by atoms with van der Waals surface area (Å²) in [6.45, 7) is 1.16. The maximum Gasteiger partial charge on any atom is 0.169 e. The van der Waals surface area contributed by atoms with E-state index in [2.05, 4.69) is 0 Å². The molecular formula is C15H17Cl2NO2S. The molecule has 6 heteroatoms. The monoisotopic (exact) mass is 345 g/mol. The molecule has 0 fully saturated rings. The summed E-state index contributed by atoms with van der Waals surface area (Å²) in [5.41, 5.74) is 1.50. The SMILES string of the molecule is O=C(CC[NH2+]CC(O)c1ccccc1Cl)c1ccsc1.[Cl-]. The highest BCUT2D eigenvalue weighted by molar-refractivity contribution is 7.08. The first kappa shape index (κ1) is 18.1. The molecule has 114 valence electrons. The van der Waals surface area contributed by atoms with Crippen molar-refractivity contribution in [2.24, 2.45) is 0 Å². The van der Waals surface area contributed by atoms with Crippen molar-refractivity contribution in [1.29, 1.82) is 0 Å². The van der Waals surface area contributed by atoms with Gasteiger partial charge in [0.2, 0.25) is 0 Å². The maximum absolute atomic E-state index is 11.8. The van der Waals surface area contributed by atoms with Crippen LogP contribution >= 0.6 is 22.9 Å². The van der Waals surface area contributed by atoms with Gasteiger partial charge in [0.25, 0.3) is 0 Å². The van der Waals surface area contributed by atoms with Crippen LogP contribution in [0.15, 0.2) is 41.1 Å². The van der Waals surface area contributed by atoms with Crippen LogP contribution in [0.3, 0.4) is 0 Å². The van der Waals surface area contributed by atoms with E-state index >= 15 is 0 Å². The summed E-state index contributed by atoms with van der Waals surface area (Å²) in [6, 6.07) is 9.11. The molecule has 1 aromatic carbocycles. The van der Waals surface area contributed by atoms with Crippen molar-refractivity contribution in [3.8, 4) is 0 Å². The Balaban J connectivity index is 0.00000220. The fourth-order valence-corrected chi connectivity index (χ4v) is 2.87. The fourth-order valence-electron chi connectivity index (χ4n) is 1.95. The lowest BCUT2D eigenvalue weighted by atomic mass is 10.1. The van der Waals surface area contributed by atoms with Crippen molar-refractivity contribution in [2.75, 3.05) is 13.1 Å². The molecule has 0 radical (unpaired) electrons. The lowest BCUT2D eigenvalue weighted by molar-refractivity contribution is -0.660. The van der Waals surface area contributed by atoms with Crippen molar-refractivity contribution in [3.63, 3.8) is 0 Å². The summed E-state index contributed by atoms with van der Waals surface area (Å²) < 4.78 is 0. The van der Waals surface area contributed by atoms with Gasteiger partial charge in [-0.2, -0.15) is 11.3 Å². The third-order valence-corrected chi connectivity index (χ3v) is 4.10. The standard InChI is InChI=1S/C15H16ClNO2S.ClH/c16-13-4-2-1-3-12(13)15(19)9-17-7-5-14(18)11-6-8-20-10-11;/h1-4,6,8,10,15,17,19H,5,7,9H2;1H. The predicted molar refractivity (Wildman–Crippen MR) is 81.3 cm³/mol. The highest BCUT2D eigenvalue weighted by Crippen LogP contribution is 2.21. The highest BCUT2D eigenvalue weighted by atomic mass is 35.5. The highest BCUT2D eigenvalue weighted by Gasteiger charge is 2.13. The lowest BCUT2D eigenvalue weighted by Crippen LogP contribution is -3.00. The second-order valence-electron chi connectivity index (χ2n) is 4.54. The van der Waals surface area contributed by atoms with E-state index in [0.717, 1.165) is 11.1 Å². The van der Waals surface area contributed by atoms with Crippen LogP contribution in [-0.2, 0) is 0 Å². The molecule has 1 atom stereocenters. The zero-order valence-electron chi connectivity index (χ0n) is 11.3. The van der Waals surface area contributed by atoms with Gasteiger partial charge in [0.15, 0.2) is 5.78 Å². The quantitative estimate of drug-likeness (QED) is 0.513. The Morgan fingerprint density at radius 1 is 1.33 bits per heavy atom. The summed E-state index contributed by atoms with van der Waals surface area (Å²) in [7, 11) is 0. The van der Waals surface area contributed by atoms with E-state index in [1.807, 2.05) is 40.3 Å². The van der Waals surface area contributed by atoms with Crippen LogP contribution in [0.2, 0.25) is 5.02 Å². The van der Waals surface area contributed by atoms with Gasteiger partial charge >= 0.3 is 0 Å². The van der Waals surface area contributed by atoms with Crippen LogP contribution in [0.4, 0.5) is 0 Å². The number of hydrogen-bond donors (Lipinski definition) is 2. The minimum atomic E-state index is -0.611. The fraction of sp³-hybridized carbons (Fsp3) is 0.267. The number of aliphatic hydroxyl groups is 1. The van der Waals surface area contributed by atoms with Gasteiger partial charge in [0, 0.05) is 21.5 Å². The van der Waals surface area contributed by atoms with E-state index in [1.165, 1.54) is 11.3 Å². The number of rotatable bonds is 7. The average Bonchev–Trinajstić information content (AvgIpc) is 2.98. The third kappa shape index (κ3) is 5.41. The van der Waals surface area contributed by atoms with Gasteiger partial charge in [-0.15, -0.1) is 0 Å². The van der Waals surface area contributed by atoms with Gasteiger partial charge < -0.3 is 22.8 Å². The van der Waals surface area contributed by atoms with Gasteiger partial charge in [-0.25, -0.2) is 0 Å². The summed E-state index contributed by atoms with van der Waals surface area (Å²) >= 11 is 7.55. The number of carbonyl (C=O) groups is 1. The third-order valence-electron chi connectivity index (χ3n) is 3.07. The number of halogens is 2. The molecule has 1 unspecified atom stereocenters. The predicted octanol–water partition coefficient (Wildman–Crippen LogP) is -0.725. The van der Waals surface area contributed by atoms with Crippen LogP contribution in [0.1, 0.15) is 28.4 Å². The zero-order valence-corrected chi connectivity index (χ0v) is 13.7. The Bertz CT molecular complexity index is 561. The summed E-state index contributed by atoms with van der Waals surface area (Å²) in [5.74, 6) is 0.148. The Hall–Kier alpha value is -0.910. The second-order valence-corrected chi connectivity index (χ2v) is 5.72. The van der Waals surface area contributed by atoms with Gasteiger partial charge in [0.05, 0.1) is 13.0 Å². The number of thiophene rings is 1. The molecule has 2 rings (SSSR count). The van der Waals surface area contributed by atoms with Gasteiger partial charge in [-0.05, 0) is 17.5 Å². The second kappa shape index (κ2) is 9.18. The number of hydrogen-bond acceptors (Lipinski definition) is 3. The smallest absolute Gasteiger partial charge is 0.169 e. The molecule has 0 amide bonds. The number of carbonyl (C=O) groups excluding carboxylic acids is 1. The van der Waals surface area contributed by atoms with Crippen molar-refractivity contribution in [3.05, 3.63) is 57.2 Å². The molecule has 1 aromatic heterocycles. The minimum absolute atomic E-state index is 0. The van der Waals surface area contributed by atoms with Gasteiger partial charge in [0.1, 0.15) is 12.6 Å². The summed E-state index contributed by atoms with van der Waals surface area (Å²) in [6.07, 6.45) is -0.133. The van der Waals surface area contributed by atoms with Crippen molar-refractivity contribution in [2.45, 2.75) is 12.5 Å². The molecular weight excluding hydrogens is 329 g/mol.